The Balaban J connectivity index is 1.95. The van der Waals surface area contributed by atoms with Gasteiger partial charge in [-0.25, -0.2) is 14.6 Å². The maximum atomic E-state index is 4.41. The Morgan fingerprint density at radius 3 is 2.05 bits per heavy atom. The topological polar surface area (TPSA) is 43.6 Å². The minimum absolute atomic E-state index is 0.603. The van der Waals surface area contributed by atoms with Gasteiger partial charge in [-0.2, -0.15) is 5.10 Å². The van der Waals surface area contributed by atoms with E-state index in [1.165, 1.54) is 5.56 Å². The Kier molecular flexibility index (Phi) is 3.06. The van der Waals surface area contributed by atoms with Crippen LogP contribution in [0.1, 0.15) is 17.0 Å². The molecule has 0 N–H and O–H groups in total. The lowest BCUT2D eigenvalue weighted by Gasteiger charge is -2.04. The number of aromatic nitrogens is 4. The standard InChI is InChI=1S/C16H16N4/c1-11-4-6-14(7-5-11)15-9-17-16(18-10-15)20-13(3)8-12(2)19-20/h4-10H,1-3H3. The molecule has 20 heavy (non-hydrogen) atoms. The van der Waals surface area contributed by atoms with E-state index in [2.05, 4.69) is 46.3 Å². The Bertz CT molecular complexity index is 724. The molecule has 0 saturated heterocycles. The molecule has 0 radical (unpaired) electrons. The smallest absolute Gasteiger partial charge is 0.219 e. The average Bonchev–Trinajstić information content (AvgIpc) is 2.79. The first-order chi connectivity index (χ1) is 9.63. The normalized spacial score (nSPS) is 10.8. The lowest BCUT2D eigenvalue weighted by atomic mass is 10.1. The molecule has 2 heterocycles. The van der Waals surface area contributed by atoms with Crippen LogP contribution in [-0.2, 0) is 0 Å². The summed E-state index contributed by atoms with van der Waals surface area (Å²) in [6, 6.07) is 10.3. The molecule has 0 spiro atoms. The summed E-state index contributed by atoms with van der Waals surface area (Å²) in [4.78, 5) is 8.82. The Hall–Kier alpha value is -2.49. The quantitative estimate of drug-likeness (QED) is 0.713. The molecule has 0 unspecified atom stereocenters. The summed E-state index contributed by atoms with van der Waals surface area (Å²) in [6.07, 6.45) is 3.67. The van der Waals surface area contributed by atoms with E-state index in [9.17, 15) is 0 Å². The third kappa shape index (κ3) is 2.32. The van der Waals surface area contributed by atoms with E-state index in [-0.39, 0.29) is 0 Å². The predicted molar refractivity (Wildman–Crippen MR) is 78.8 cm³/mol. The number of hydrogen-bond donors (Lipinski definition) is 0. The highest BCUT2D eigenvalue weighted by Crippen LogP contribution is 2.18. The van der Waals surface area contributed by atoms with Crippen LogP contribution in [0, 0.1) is 20.8 Å². The third-order valence-corrected chi connectivity index (χ3v) is 3.22. The van der Waals surface area contributed by atoms with Gasteiger partial charge in [0.2, 0.25) is 0 Å². The van der Waals surface area contributed by atoms with E-state index in [1.807, 2.05) is 32.3 Å². The zero-order valence-corrected chi connectivity index (χ0v) is 11.8. The van der Waals surface area contributed by atoms with E-state index < -0.39 is 0 Å². The second kappa shape index (κ2) is 4.89. The Morgan fingerprint density at radius 1 is 0.850 bits per heavy atom. The zero-order valence-electron chi connectivity index (χ0n) is 11.8. The molecule has 0 aliphatic heterocycles. The van der Waals surface area contributed by atoms with Crippen molar-refractivity contribution in [3.8, 4) is 17.1 Å². The van der Waals surface area contributed by atoms with Gasteiger partial charge in [-0.3, -0.25) is 0 Å². The van der Waals surface area contributed by atoms with Gasteiger partial charge in [-0.15, -0.1) is 0 Å². The average molecular weight is 264 g/mol. The minimum atomic E-state index is 0.603. The van der Waals surface area contributed by atoms with Crippen molar-refractivity contribution in [3.05, 3.63) is 59.7 Å². The van der Waals surface area contributed by atoms with Crippen LogP contribution in [-0.4, -0.2) is 19.7 Å². The van der Waals surface area contributed by atoms with Crippen molar-refractivity contribution in [2.75, 3.05) is 0 Å². The maximum absolute atomic E-state index is 4.41. The highest BCUT2D eigenvalue weighted by molar-refractivity contribution is 5.61. The molecule has 0 aliphatic rings. The minimum Gasteiger partial charge on any atom is -0.219 e. The first kappa shape index (κ1) is 12.5. The van der Waals surface area contributed by atoms with Crippen LogP contribution in [0.2, 0.25) is 0 Å². The van der Waals surface area contributed by atoms with Crippen molar-refractivity contribution in [1.82, 2.24) is 19.7 Å². The summed E-state index contributed by atoms with van der Waals surface area (Å²) in [7, 11) is 0. The van der Waals surface area contributed by atoms with E-state index >= 15 is 0 Å². The molecule has 1 aromatic carbocycles. The SMILES string of the molecule is Cc1ccc(-c2cnc(-n3nc(C)cc3C)nc2)cc1. The summed E-state index contributed by atoms with van der Waals surface area (Å²) < 4.78 is 1.76. The fourth-order valence-electron chi connectivity index (χ4n) is 2.16. The van der Waals surface area contributed by atoms with Gasteiger partial charge in [0.15, 0.2) is 0 Å². The van der Waals surface area contributed by atoms with Crippen LogP contribution < -0.4 is 0 Å². The highest BCUT2D eigenvalue weighted by Gasteiger charge is 2.06. The van der Waals surface area contributed by atoms with Crippen LogP contribution in [0.5, 0.6) is 0 Å². The fraction of sp³-hybridized carbons (Fsp3) is 0.188. The summed E-state index contributed by atoms with van der Waals surface area (Å²) in [6.45, 7) is 6.04. The van der Waals surface area contributed by atoms with Gasteiger partial charge in [-0.05, 0) is 32.4 Å². The van der Waals surface area contributed by atoms with Crippen LogP contribution in [0.3, 0.4) is 0 Å². The van der Waals surface area contributed by atoms with Gasteiger partial charge in [0.05, 0.1) is 5.69 Å². The van der Waals surface area contributed by atoms with Crippen molar-refractivity contribution in [3.63, 3.8) is 0 Å². The molecule has 0 aliphatic carbocycles. The highest BCUT2D eigenvalue weighted by atomic mass is 15.3. The molecule has 3 aromatic rings. The van der Waals surface area contributed by atoms with Crippen molar-refractivity contribution < 1.29 is 0 Å². The van der Waals surface area contributed by atoms with E-state index in [4.69, 9.17) is 0 Å². The molecule has 0 saturated carbocycles. The number of benzene rings is 1. The lowest BCUT2D eigenvalue weighted by Crippen LogP contribution is -2.04. The molecule has 0 amide bonds. The molecule has 0 fully saturated rings. The molecule has 0 atom stereocenters. The Morgan fingerprint density at radius 2 is 1.50 bits per heavy atom. The van der Waals surface area contributed by atoms with Crippen LogP contribution in [0.25, 0.3) is 17.1 Å². The maximum Gasteiger partial charge on any atom is 0.250 e. The van der Waals surface area contributed by atoms with Gasteiger partial charge in [0.25, 0.3) is 5.95 Å². The first-order valence-electron chi connectivity index (χ1n) is 6.56. The number of hydrogen-bond acceptors (Lipinski definition) is 3. The fourth-order valence-corrected chi connectivity index (χ4v) is 2.16. The monoisotopic (exact) mass is 264 g/mol. The summed E-state index contributed by atoms with van der Waals surface area (Å²) in [5, 5.41) is 4.39. The van der Waals surface area contributed by atoms with Crippen LogP contribution in [0.4, 0.5) is 0 Å². The second-order valence-corrected chi connectivity index (χ2v) is 4.98. The molecule has 0 bridgehead atoms. The molecule has 4 heteroatoms. The molecule has 3 rings (SSSR count). The van der Waals surface area contributed by atoms with Crippen LogP contribution in [0.15, 0.2) is 42.7 Å². The predicted octanol–water partition coefficient (Wildman–Crippen LogP) is 3.25. The zero-order chi connectivity index (χ0) is 14.1. The van der Waals surface area contributed by atoms with E-state index in [1.54, 1.807) is 4.68 Å². The van der Waals surface area contributed by atoms with Crippen molar-refractivity contribution >= 4 is 0 Å². The largest absolute Gasteiger partial charge is 0.250 e. The number of rotatable bonds is 2. The molecule has 2 aromatic heterocycles. The van der Waals surface area contributed by atoms with Crippen molar-refractivity contribution in [2.24, 2.45) is 0 Å². The summed E-state index contributed by atoms with van der Waals surface area (Å²) >= 11 is 0. The van der Waals surface area contributed by atoms with Gasteiger partial charge >= 0.3 is 0 Å². The van der Waals surface area contributed by atoms with Crippen LogP contribution >= 0.6 is 0 Å². The van der Waals surface area contributed by atoms with Crippen molar-refractivity contribution in [1.29, 1.82) is 0 Å². The number of aryl methyl sites for hydroxylation is 3. The molecule has 100 valence electrons. The third-order valence-electron chi connectivity index (χ3n) is 3.22. The van der Waals surface area contributed by atoms with Gasteiger partial charge in [0, 0.05) is 23.7 Å². The lowest BCUT2D eigenvalue weighted by molar-refractivity contribution is 0.774. The van der Waals surface area contributed by atoms with E-state index in [0.29, 0.717) is 5.95 Å². The van der Waals surface area contributed by atoms with E-state index in [0.717, 1.165) is 22.5 Å². The molecule has 4 nitrogen and oxygen atoms in total. The van der Waals surface area contributed by atoms with Gasteiger partial charge in [0.1, 0.15) is 0 Å². The first-order valence-corrected chi connectivity index (χ1v) is 6.56. The molecular weight excluding hydrogens is 248 g/mol. The second-order valence-electron chi connectivity index (χ2n) is 4.98. The Labute approximate surface area is 118 Å². The molecular formula is C16H16N4. The number of nitrogens with zero attached hydrogens (tertiary/aromatic N) is 4. The summed E-state index contributed by atoms with van der Waals surface area (Å²) in [5.41, 5.74) is 5.37. The van der Waals surface area contributed by atoms with Crippen molar-refractivity contribution in [2.45, 2.75) is 20.8 Å². The van der Waals surface area contributed by atoms with Gasteiger partial charge in [-0.1, -0.05) is 29.8 Å². The van der Waals surface area contributed by atoms with Gasteiger partial charge < -0.3 is 0 Å². The summed E-state index contributed by atoms with van der Waals surface area (Å²) in [5.74, 6) is 0.603.